The van der Waals surface area contributed by atoms with Crippen molar-refractivity contribution in [3.8, 4) is 0 Å². The number of azide groups is 1. The van der Waals surface area contributed by atoms with Crippen LogP contribution >= 0.6 is 11.8 Å². The lowest BCUT2D eigenvalue weighted by molar-refractivity contribution is -0.0973. The molecule has 1 fully saturated rings. The molecular formula is C24H30N4O3S2. The van der Waals surface area contributed by atoms with Gasteiger partial charge in [-0.1, -0.05) is 69.3 Å². The van der Waals surface area contributed by atoms with Gasteiger partial charge in [0.25, 0.3) is 0 Å². The van der Waals surface area contributed by atoms with Gasteiger partial charge in [0, 0.05) is 9.81 Å². The molecule has 176 valence electrons. The van der Waals surface area contributed by atoms with Crippen molar-refractivity contribution < 1.29 is 14.0 Å². The molecule has 5 atom stereocenters. The molecule has 0 radical (unpaired) electrons. The lowest BCUT2D eigenvalue weighted by atomic mass is 10.0. The van der Waals surface area contributed by atoms with Crippen LogP contribution in [0.2, 0.25) is 0 Å². The first-order valence-corrected chi connectivity index (χ1v) is 12.8. The Morgan fingerprint density at radius 2 is 1.91 bits per heavy atom. The van der Waals surface area contributed by atoms with Crippen molar-refractivity contribution >= 4 is 29.3 Å². The van der Waals surface area contributed by atoms with E-state index in [2.05, 4.69) is 14.4 Å². The maximum Gasteiger partial charge on any atom is 0.144 e. The van der Waals surface area contributed by atoms with Gasteiger partial charge in [0.2, 0.25) is 0 Å². The van der Waals surface area contributed by atoms with Gasteiger partial charge in [-0.2, -0.15) is 0 Å². The maximum absolute atomic E-state index is 12.5. The second-order valence-corrected chi connectivity index (χ2v) is 12.0. The second-order valence-electron chi connectivity index (χ2n) is 8.86. The lowest BCUT2D eigenvalue weighted by Crippen LogP contribution is -2.47. The smallest absolute Gasteiger partial charge is 0.144 e. The maximum atomic E-state index is 12.5. The first-order valence-electron chi connectivity index (χ1n) is 10.8. The fourth-order valence-electron chi connectivity index (χ4n) is 3.19. The van der Waals surface area contributed by atoms with Crippen molar-refractivity contribution in [2.24, 2.45) is 9.51 Å². The van der Waals surface area contributed by atoms with Crippen LogP contribution in [-0.2, 0) is 27.4 Å². The van der Waals surface area contributed by atoms with Gasteiger partial charge in [-0.3, -0.25) is 0 Å². The summed E-state index contributed by atoms with van der Waals surface area (Å²) < 4.78 is 28.8. The molecule has 0 bridgehead atoms. The topological polar surface area (TPSA) is 103 Å². The number of ether oxygens (including phenoxy) is 2. The molecule has 0 amide bonds. The molecule has 0 aromatic heterocycles. The summed E-state index contributed by atoms with van der Waals surface area (Å²) in [6, 6.07) is 17.5. The molecule has 1 aliphatic rings. The van der Waals surface area contributed by atoms with Crippen LogP contribution in [0, 0.1) is 6.92 Å². The Morgan fingerprint density at radius 1 is 1.21 bits per heavy atom. The minimum Gasteiger partial charge on any atom is -0.591 e. The van der Waals surface area contributed by atoms with Gasteiger partial charge < -0.3 is 14.0 Å². The minimum atomic E-state index is -1.41. The SMILES string of the molecule is Cc1ccc(SC2O[C@H](/C=N/[S@@+]([O-])C(C)(C)C)[C@@H](OCc3ccccc3)C[C@H]2N=[N+]=[N-])cc1. The molecular weight excluding hydrogens is 456 g/mol. The Bertz CT molecular complexity index is 960. The van der Waals surface area contributed by atoms with E-state index in [0.717, 1.165) is 10.5 Å². The molecule has 1 aliphatic heterocycles. The van der Waals surface area contributed by atoms with E-state index in [9.17, 15) is 4.55 Å². The van der Waals surface area contributed by atoms with Crippen molar-refractivity contribution in [1.29, 1.82) is 0 Å². The zero-order valence-corrected chi connectivity index (χ0v) is 21.0. The van der Waals surface area contributed by atoms with Crippen LogP contribution in [0.5, 0.6) is 0 Å². The van der Waals surface area contributed by atoms with Gasteiger partial charge in [0.15, 0.2) is 0 Å². The van der Waals surface area contributed by atoms with Crippen LogP contribution in [0.4, 0.5) is 0 Å². The van der Waals surface area contributed by atoms with E-state index < -0.39 is 39.8 Å². The van der Waals surface area contributed by atoms with Gasteiger partial charge in [-0.05, 0) is 57.3 Å². The first kappa shape index (κ1) is 25.6. The molecule has 2 aromatic rings. The fourth-order valence-corrected chi connectivity index (χ4v) is 4.80. The third kappa shape index (κ3) is 7.78. The average Bonchev–Trinajstić information content (AvgIpc) is 2.79. The molecule has 7 nitrogen and oxygen atoms in total. The van der Waals surface area contributed by atoms with Crippen molar-refractivity contribution in [2.75, 3.05) is 0 Å². The van der Waals surface area contributed by atoms with E-state index in [0.29, 0.717) is 13.0 Å². The van der Waals surface area contributed by atoms with Crippen LogP contribution in [-0.4, -0.2) is 39.2 Å². The number of benzene rings is 2. The summed E-state index contributed by atoms with van der Waals surface area (Å²) >= 11 is 0.0885. The van der Waals surface area contributed by atoms with E-state index in [1.54, 1.807) is 6.21 Å². The molecule has 33 heavy (non-hydrogen) atoms. The summed E-state index contributed by atoms with van der Waals surface area (Å²) in [4.78, 5) is 4.06. The van der Waals surface area contributed by atoms with Crippen molar-refractivity contribution in [2.45, 2.75) is 74.1 Å². The van der Waals surface area contributed by atoms with Crippen LogP contribution in [0.15, 0.2) is 69.0 Å². The van der Waals surface area contributed by atoms with Gasteiger partial charge in [-0.25, -0.2) is 0 Å². The molecule has 0 aliphatic carbocycles. The Hall–Kier alpha value is -2.00. The second kappa shape index (κ2) is 11.9. The molecule has 3 rings (SSSR count). The standard InChI is InChI=1S/C24H30N4O3S2/c1-17-10-12-19(13-11-17)32-23-20(27-28-25)14-21(30-16-18-8-6-5-7-9-18)22(31-23)15-26-33(29)24(2,3)4/h5-13,15,20-23H,14,16H2,1-4H3/b26-15+/t20-,21+,22-,23?,33+/m1/s1. The zero-order valence-electron chi connectivity index (χ0n) is 19.3. The summed E-state index contributed by atoms with van der Waals surface area (Å²) in [5, 5.41) is 4.00. The van der Waals surface area contributed by atoms with Crippen LogP contribution in [0.1, 0.15) is 38.3 Å². The normalized spacial score (nSPS) is 24.4. The third-order valence-electron chi connectivity index (χ3n) is 5.05. The van der Waals surface area contributed by atoms with Crippen molar-refractivity contribution in [3.63, 3.8) is 0 Å². The monoisotopic (exact) mass is 486 g/mol. The number of aryl methyl sites for hydroxylation is 1. The number of thioether (sulfide) groups is 1. The van der Waals surface area contributed by atoms with Crippen LogP contribution in [0.25, 0.3) is 10.4 Å². The van der Waals surface area contributed by atoms with Gasteiger partial charge in [0.05, 0.1) is 25.0 Å². The quantitative estimate of drug-likeness (QED) is 0.150. The van der Waals surface area contributed by atoms with Gasteiger partial charge in [-0.15, -0.1) is 0 Å². The zero-order chi connectivity index (χ0) is 23.8. The predicted molar refractivity (Wildman–Crippen MR) is 135 cm³/mol. The van der Waals surface area contributed by atoms with E-state index in [1.165, 1.54) is 17.3 Å². The molecule has 9 heteroatoms. The highest BCUT2D eigenvalue weighted by atomic mass is 32.2. The molecule has 1 unspecified atom stereocenters. The Labute approximate surface area is 202 Å². The van der Waals surface area contributed by atoms with E-state index >= 15 is 0 Å². The van der Waals surface area contributed by atoms with Crippen molar-refractivity contribution in [1.82, 2.24) is 0 Å². The highest BCUT2D eigenvalue weighted by Gasteiger charge is 2.39. The number of hydrogen-bond donors (Lipinski definition) is 0. The summed E-state index contributed by atoms with van der Waals surface area (Å²) in [7, 11) is 0. The number of nitrogens with zero attached hydrogens (tertiary/aromatic N) is 4. The lowest BCUT2D eigenvalue weighted by Gasteiger charge is -2.38. The summed E-state index contributed by atoms with van der Waals surface area (Å²) in [5.74, 6) is 0. The molecule has 2 aromatic carbocycles. The van der Waals surface area contributed by atoms with E-state index in [4.69, 9.17) is 15.0 Å². The van der Waals surface area contributed by atoms with E-state index in [1.807, 2.05) is 82.3 Å². The van der Waals surface area contributed by atoms with Crippen LogP contribution in [0.3, 0.4) is 0 Å². The third-order valence-corrected chi connectivity index (χ3v) is 7.62. The largest absolute Gasteiger partial charge is 0.591 e. The van der Waals surface area contributed by atoms with Crippen LogP contribution < -0.4 is 0 Å². The molecule has 0 spiro atoms. The minimum absolute atomic E-state index is 0.389. The van der Waals surface area contributed by atoms with Crippen molar-refractivity contribution in [3.05, 3.63) is 76.2 Å². The first-order chi connectivity index (χ1) is 15.8. The molecule has 0 N–H and O–H groups in total. The predicted octanol–water partition coefficient (Wildman–Crippen LogP) is 6.00. The fraction of sp³-hybridized carbons (Fsp3) is 0.458. The van der Waals surface area contributed by atoms with Gasteiger partial charge >= 0.3 is 0 Å². The van der Waals surface area contributed by atoms with Gasteiger partial charge in [0.1, 0.15) is 27.6 Å². The summed E-state index contributed by atoms with van der Waals surface area (Å²) in [6.07, 6.45) is 1.15. The number of rotatable bonds is 8. The average molecular weight is 487 g/mol. The summed E-state index contributed by atoms with van der Waals surface area (Å²) in [6.45, 7) is 8.04. The molecule has 0 saturated carbocycles. The Balaban J connectivity index is 1.81. The Kier molecular flexibility index (Phi) is 9.26. The number of hydrogen-bond acceptors (Lipinski definition) is 6. The molecule has 1 heterocycles. The highest BCUT2D eigenvalue weighted by Crippen LogP contribution is 2.36. The summed E-state index contributed by atoms with van der Waals surface area (Å²) in [5.41, 5.74) is 10.9. The molecule has 1 saturated heterocycles. The highest BCUT2D eigenvalue weighted by molar-refractivity contribution is 7.99. The van der Waals surface area contributed by atoms with E-state index in [-0.39, 0.29) is 0 Å². The Morgan fingerprint density at radius 3 is 2.55 bits per heavy atom.